The lowest BCUT2D eigenvalue weighted by molar-refractivity contribution is -0.277. The van der Waals surface area contributed by atoms with E-state index in [2.05, 4.69) is 0 Å². The monoisotopic (exact) mass is 412 g/mol. The first-order valence-electron chi connectivity index (χ1n) is 9.16. The molecule has 0 spiro atoms. The summed E-state index contributed by atoms with van der Waals surface area (Å²) in [6.07, 6.45) is -3.75. The Morgan fingerprint density at radius 3 is 2.50 bits per heavy atom. The standard InChI is InChI=1S/C19H21ClO8/c20-11-5-10-8-3-1-2-4-9(8)18(25)26-12(10)6-13(11)27-19-17(24)16(23)15(22)14(7-21)28-19/h5-6,14-17,19,21-24H,1-4,7H2/t14-,15-,16+,17-,19-/m0/s1. The number of rotatable bonds is 3. The van der Waals surface area contributed by atoms with Crippen molar-refractivity contribution in [3.8, 4) is 5.75 Å². The minimum Gasteiger partial charge on any atom is -0.460 e. The minimum atomic E-state index is -1.57. The minimum absolute atomic E-state index is 0.0809. The van der Waals surface area contributed by atoms with Crippen molar-refractivity contribution in [3.63, 3.8) is 0 Å². The normalized spacial score (nSPS) is 30.2. The summed E-state index contributed by atoms with van der Waals surface area (Å²) in [5.74, 6) is 0.0809. The molecular weight excluding hydrogens is 392 g/mol. The first kappa shape index (κ1) is 19.6. The van der Waals surface area contributed by atoms with Crippen molar-refractivity contribution in [2.24, 2.45) is 0 Å². The third kappa shape index (κ3) is 3.30. The summed E-state index contributed by atoms with van der Waals surface area (Å²) in [6, 6.07) is 3.08. The number of hydrogen-bond acceptors (Lipinski definition) is 8. The van der Waals surface area contributed by atoms with Crippen molar-refractivity contribution < 1.29 is 34.3 Å². The van der Waals surface area contributed by atoms with E-state index in [1.54, 1.807) is 6.07 Å². The molecule has 0 bridgehead atoms. The molecule has 1 aliphatic heterocycles. The molecule has 0 saturated carbocycles. The van der Waals surface area contributed by atoms with E-state index in [0.29, 0.717) is 17.6 Å². The Labute approximate surface area is 164 Å². The number of aliphatic hydroxyl groups excluding tert-OH is 4. The molecule has 5 atom stereocenters. The predicted molar refractivity (Wildman–Crippen MR) is 98.5 cm³/mol. The van der Waals surface area contributed by atoms with Crippen molar-refractivity contribution in [1.82, 2.24) is 0 Å². The highest BCUT2D eigenvalue weighted by molar-refractivity contribution is 6.32. The summed E-state index contributed by atoms with van der Waals surface area (Å²) in [5.41, 5.74) is 1.52. The second kappa shape index (κ2) is 7.62. The van der Waals surface area contributed by atoms with Gasteiger partial charge in [-0.25, -0.2) is 4.79 Å². The summed E-state index contributed by atoms with van der Waals surface area (Å²) in [5, 5.41) is 40.1. The molecule has 2 aliphatic rings. The third-order valence-corrected chi connectivity index (χ3v) is 5.66. The zero-order chi connectivity index (χ0) is 20.0. The Morgan fingerprint density at radius 1 is 1.07 bits per heavy atom. The van der Waals surface area contributed by atoms with Crippen molar-refractivity contribution in [3.05, 3.63) is 38.7 Å². The van der Waals surface area contributed by atoms with Crippen LogP contribution in [-0.4, -0.2) is 57.7 Å². The molecule has 4 rings (SSSR count). The molecule has 28 heavy (non-hydrogen) atoms. The fourth-order valence-corrected chi connectivity index (χ4v) is 4.03. The first-order valence-corrected chi connectivity index (χ1v) is 9.53. The van der Waals surface area contributed by atoms with Crippen molar-refractivity contribution in [2.45, 2.75) is 56.4 Å². The Kier molecular flexibility index (Phi) is 5.34. The van der Waals surface area contributed by atoms with Crippen molar-refractivity contribution in [1.29, 1.82) is 0 Å². The Morgan fingerprint density at radius 2 is 1.79 bits per heavy atom. The van der Waals surface area contributed by atoms with E-state index in [1.807, 2.05) is 0 Å². The van der Waals surface area contributed by atoms with Gasteiger partial charge in [-0.1, -0.05) is 11.6 Å². The van der Waals surface area contributed by atoms with Crippen LogP contribution in [0.25, 0.3) is 11.0 Å². The molecule has 1 fully saturated rings. The largest absolute Gasteiger partial charge is 0.460 e. The van der Waals surface area contributed by atoms with E-state index in [0.717, 1.165) is 30.2 Å². The van der Waals surface area contributed by atoms with Gasteiger partial charge in [0.15, 0.2) is 0 Å². The second-order valence-electron chi connectivity index (χ2n) is 7.15. The van der Waals surface area contributed by atoms with Crippen LogP contribution in [-0.2, 0) is 17.6 Å². The molecule has 0 radical (unpaired) electrons. The van der Waals surface area contributed by atoms with Crippen LogP contribution in [0.2, 0.25) is 5.02 Å². The Hall–Kier alpha value is -1.68. The molecule has 1 aromatic carbocycles. The molecule has 9 heteroatoms. The van der Waals surface area contributed by atoms with E-state index in [1.165, 1.54) is 6.07 Å². The highest BCUT2D eigenvalue weighted by atomic mass is 35.5. The molecule has 1 aromatic heterocycles. The van der Waals surface area contributed by atoms with E-state index >= 15 is 0 Å². The molecule has 2 heterocycles. The average molecular weight is 413 g/mol. The average Bonchev–Trinajstić information content (AvgIpc) is 2.70. The van der Waals surface area contributed by atoms with Crippen LogP contribution in [0.4, 0.5) is 0 Å². The fraction of sp³-hybridized carbons (Fsp3) is 0.526. The number of ether oxygens (including phenoxy) is 2. The molecular formula is C19H21ClO8. The summed E-state index contributed by atoms with van der Waals surface area (Å²) < 4.78 is 16.4. The number of fused-ring (bicyclic) bond motifs is 3. The van der Waals surface area contributed by atoms with Gasteiger partial charge in [-0.3, -0.25) is 0 Å². The lowest BCUT2D eigenvalue weighted by atomic mass is 9.90. The van der Waals surface area contributed by atoms with Crippen LogP contribution < -0.4 is 10.4 Å². The Balaban J connectivity index is 1.70. The Bertz CT molecular complexity index is 940. The maximum absolute atomic E-state index is 12.3. The summed E-state index contributed by atoms with van der Waals surface area (Å²) in [6.45, 7) is -0.572. The molecule has 1 aliphatic carbocycles. The number of halogens is 1. The van der Waals surface area contributed by atoms with Gasteiger partial charge in [0.25, 0.3) is 0 Å². The van der Waals surface area contributed by atoms with Crippen LogP contribution >= 0.6 is 11.6 Å². The van der Waals surface area contributed by atoms with Gasteiger partial charge in [0, 0.05) is 17.0 Å². The number of hydrogen-bond donors (Lipinski definition) is 4. The van der Waals surface area contributed by atoms with Crippen LogP contribution in [0.15, 0.2) is 21.3 Å². The fourth-order valence-electron chi connectivity index (χ4n) is 3.82. The van der Waals surface area contributed by atoms with Crippen molar-refractivity contribution >= 4 is 22.6 Å². The van der Waals surface area contributed by atoms with Gasteiger partial charge >= 0.3 is 5.63 Å². The first-order chi connectivity index (χ1) is 13.4. The summed E-state index contributed by atoms with van der Waals surface area (Å²) in [4.78, 5) is 12.3. The van der Waals surface area contributed by atoms with E-state index < -0.39 is 37.3 Å². The smallest absolute Gasteiger partial charge is 0.339 e. The van der Waals surface area contributed by atoms with Gasteiger partial charge in [-0.2, -0.15) is 0 Å². The topological polar surface area (TPSA) is 130 Å². The second-order valence-corrected chi connectivity index (χ2v) is 7.55. The van der Waals surface area contributed by atoms with Crippen molar-refractivity contribution in [2.75, 3.05) is 6.61 Å². The highest BCUT2D eigenvalue weighted by Gasteiger charge is 2.44. The SMILES string of the molecule is O=c1oc2cc(O[C@H]3O[C@@H](CO)[C@H](O)[C@@H](O)[C@@H]3O)c(Cl)cc2c2c1CCCC2. The molecule has 0 amide bonds. The highest BCUT2D eigenvalue weighted by Crippen LogP contribution is 2.36. The quantitative estimate of drug-likeness (QED) is 0.536. The third-order valence-electron chi connectivity index (χ3n) is 5.37. The van der Waals surface area contributed by atoms with Gasteiger partial charge in [0.1, 0.15) is 35.7 Å². The van der Waals surface area contributed by atoms with Gasteiger partial charge in [-0.05, 0) is 37.3 Å². The molecule has 0 unspecified atom stereocenters. The summed E-state index contributed by atoms with van der Waals surface area (Å²) in [7, 11) is 0. The zero-order valence-corrected chi connectivity index (χ0v) is 15.6. The van der Waals surface area contributed by atoms with Gasteiger partial charge in [-0.15, -0.1) is 0 Å². The lowest BCUT2D eigenvalue weighted by Gasteiger charge is -2.39. The number of aryl methyl sites for hydroxylation is 1. The van der Waals surface area contributed by atoms with Gasteiger partial charge < -0.3 is 34.3 Å². The lowest BCUT2D eigenvalue weighted by Crippen LogP contribution is -2.60. The van der Waals surface area contributed by atoms with Crippen LogP contribution in [0.1, 0.15) is 24.0 Å². The molecule has 1 saturated heterocycles. The van der Waals surface area contributed by atoms with Gasteiger partial charge in [0.2, 0.25) is 6.29 Å². The van der Waals surface area contributed by atoms with Gasteiger partial charge in [0.05, 0.1) is 11.6 Å². The molecule has 8 nitrogen and oxygen atoms in total. The zero-order valence-electron chi connectivity index (χ0n) is 14.9. The molecule has 152 valence electrons. The van der Waals surface area contributed by atoms with E-state index in [4.69, 9.17) is 25.5 Å². The molecule has 4 N–H and O–H groups in total. The predicted octanol–water partition coefficient (Wildman–Crippen LogP) is 0.504. The summed E-state index contributed by atoms with van der Waals surface area (Å²) >= 11 is 6.34. The number of benzene rings is 1. The maximum Gasteiger partial charge on any atom is 0.339 e. The van der Waals surface area contributed by atoms with Crippen LogP contribution in [0, 0.1) is 0 Å². The number of aliphatic hydroxyl groups is 4. The van der Waals surface area contributed by atoms with Crippen LogP contribution in [0.3, 0.4) is 0 Å². The molecule has 2 aromatic rings. The van der Waals surface area contributed by atoms with E-state index in [9.17, 15) is 25.2 Å². The van der Waals surface area contributed by atoms with Crippen LogP contribution in [0.5, 0.6) is 5.75 Å². The van der Waals surface area contributed by atoms with E-state index in [-0.39, 0.29) is 16.4 Å². The maximum atomic E-state index is 12.3.